The van der Waals surface area contributed by atoms with Gasteiger partial charge < -0.3 is 9.88 Å². The second-order valence-corrected chi connectivity index (χ2v) is 10.1. The van der Waals surface area contributed by atoms with Crippen molar-refractivity contribution in [3.05, 3.63) is 64.7 Å². The van der Waals surface area contributed by atoms with Crippen LogP contribution in [-0.2, 0) is 19.4 Å². The molecule has 0 radical (unpaired) electrons. The molecule has 1 saturated carbocycles. The Hall–Kier alpha value is -2.66. The zero-order chi connectivity index (χ0) is 21.9. The number of aliphatic imine (C=N–C) groups is 1. The number of carbonyl (C=O) groups is 1. The Morgan fingerprint density at radius 1 is 1.16 bits per heavy atom. The van der Waals surface area contributed by atoms with Crippen molar-refractivity contribution in [3.63, 3.8) is 0 Å². The van der Waals surface area contributed by atoms with Gasteiger partial charge in [0.2, 0.25) is 0 Å². The third-order valence-corrected chi connectivity index (χ3v) is 7.99. The van der Waals surface area contributed by atoms with Crippen LogP contribution in [-0.4, -0.2) is 22.7 Å². The summed E-state index contributed by atoms with van der Waals surface area (Å²) in [5, 5.41) is 5.38. The number of nitrogens with zero attached hydrogens (tertiary/aromatic N) is 2. The van der Waals surface area contributed by atoms with Gasteiger partial charge >= 0.3 is 0 Å². The lowest BCUT2D eigenvalue weighted by Crippen LogP contribution is -2.36. The predicted molar refractivity (Wildman–Crippen MR) is 135 cm³/mol. The van der Waals surface area contributed by atoms with E-state index >= 15 is 0 Å². The molecule has 0 aliphatic heterocycles. The molecule has 4 nitrogen and oxygen atoms in total. The van der Waals surface area contributed by atoms with Crippen molar-refractivity contribution in [1.29, 1.82) is 0 Å². The summed E-state index contributed by atoms with van der Waals surface area (Å²) in [6, 6.07) is 8.69. The number of aromatic nitrogens is 1. The first-order chi connectivity index (χ1) is 15.7. The first-order valence-corrected chi connectivity index (χ1v) is 12.7. The fourth-order valence-corrected chi connectivity index (χ4v) is 6.41. The van der Waals surface area contributed by atoms with Crippen LogP contribution in [0.2, 0.25) is 0 Å². The number of thiophene rings is 1. The third-order valence-electron chi connectivity index (χ3n) is 6.79. The second kappa shape index (κ2) is 9.45. The highest BCUT2D eigenvalue weighted by molar-refractivity contribution is 7.16. The van der Waals surface area contributed by atoms with Crippen LogP contribution in [0.4, 0.5) is 5.00 Å². The summed E-state index contributed by atoms with van der Waals surface area (Å²) in [5.74, 6) is 0.0811. The molecule has 2 heterocycles. The van der Waals surface area contributed by atoms with Crippen LogP contribution in [0.1, 0.15) is 71.3 Å². The molecule has 1 fully saturated rings. The Bertz CT molecular complexity index is 1160. The van der Waals surface area contributed by atoms with Gasteiger partial charge in [0.05, 0.1) is 5.56 Å². The number of aryl methyl sites for hydroxylation is 1. The number of amides is 1. The van der Waals surface area contributed by atoms with Gasteiger partial charge in [0.25, 0.3) is 5.91 Å². The predicted octanol–water partition coefficient (Wildman–Crippen LogP) is 6.58. The minimum absolute atomic E-state index is 0.0811. The van der Waals surface area contributed by atoms with Crippen molar-refractivity contribution in [2.75, 3.05) is 0 Å². The van der Waals surface area contributed by atoms with Gasteiger partial charge in [0, 0.05) is 46.3 Å². The summed E-state index contributed by atoms with van der Waals surface area (Å²) < 4.78 is 2.19. The van der Waals surface area contributed by atoms with Crippen LogP contribution >= 0.6 is 11.3 Å². The van der Waals surface area contributed by atoms with Gasteiger partial charge in [-0.05, 0) is 50.2 Å². The van der Waals surface area contributed by atoms with Crippen LogP contribution in [0.25, 0.3) is 10.9 Å². The molecule has 2 aliphatic rings. The molecule has 1 N–H and O–H groups in total. The number of carbonyl (C=O) groups excluding carboxylic acids is 1. The maximum atomic E-state index is 13.4. The van der Waals surface area contributed by atoms with E-state index < -0.39 is 0 Å². The molecule has 0 spiro atoms. The average Bonchev–Trinajstić information content (AvgIpc) is 3.37. The molecule has 0 unspecified atom stereocenters. The van der Waals surface area contributed by atoms with E-state index in [-0.39, 0.29) is 5.91 Å². The molecule has 2 aliphatic carbocycles. The minimum Gasteiger partial charge on any atom is -0.349 e. The van der Waals surface area contributed by atoms with Crippen LogP contribution in [0.3, 0.4) is 0 Å². The minimum atomic E-state index is 0.0811. The van der Waals surface area contributed by atoms with Gasteiger partial charge in [-0.15, -0.1) is 17.9 Å². The van der Waals surface area contributed by atoms with Crippen molar-refractivity contribution < 1.29 is 4.79 Å². The lowest BCUT2D eigenvalue weighted by molar-refractivity contribution is 0.0927. The zero-order valence-electron chi connectivity index (χ0n) is 18.6. The first-order valence-electron chi connectivity index (χ1n) is 11.9. The van der Waals surface area contributed by atoms with Gasteiger partial charge in [-0.2, -0.15) is 0 Å². The van der Waals surface area contributed by atoms with Crippen molar-refractivity contribution in [3.8, 4) is 0 Å². The van der Waals surface area contributed by atoms with E-state index in [1.807, 2.05) is 12.3 Å². The number of hydrogen-bond acceptors (Lipinski definition) is 3. The summed E-state index contributed by atoms with van der Waals surface area (Å²) in [6.45, 7) is 4.64. The number of rotatable bonds is 6. The lowest BCUT2D eigenvalue weighted by Gasteiger charge is -2.23. The Morgan fingerprint density at radius 2 is 1.97 bits per heavy atom. The maximum Gasteiger partial charge on any atom is 0.254 e. The van der Waals surface area contributed by atoms with Crippen LogP contribution < -0.4 is 5.32 Å². The molecule has 0 saturated heterocycles. The fourth-order valence-electron chi connectivity index (χ4n) is 5.18. The number of para-hydroxylation sites is 1. The van der Waals surface area contributed by atoms with Crippen molar-refractivity contribution in [2.24, 2.45) is 4.99 Å². The molecule has 166 valence electrons. The number of hydrogen-bond donors (Lipinski definition) is 1. The van der Waals surface area contributed by atoms with Crippen molar-refractivity contribution in [2.45, 2.75) is 70.4 Å². The maximum absolute atomic E-state index is 13.4. The highest BCUT2D eigenvalue weighted by Crippen LogP contribution is 2.40. The molecule has 32 heavy (non-hydrogen) atoms. The van der Waals surface area contributed by atoms with E-state index in [9.17, 15) is 4.79 Å². The third kappa shape index (κ3) is 4.18. The number of allylic oxidation sites excluding steroid dienone is 1. The van der Waals surface area contributed by atoms with E-state index in [1.165, 1.54) is 47.0 Å². The molecule has 1 aromatic carbocycles. The summed E-state index contributed by atoms with van der Waals surface area (Å²) in [6.07, 6.45) is 16.3. The van der Waals surface area contributed by atoms with Crippen LogP contribution in [0.5, 0.6) is 0 Å². The van der Waals surface area contributed by atoms with E-state index in [0.29, 0.717) is 6.04 Å². The van der Waals surface area contributed by atoms with E-state index in [2.05, 4.69) is 46.9 Å². The zero-order valence-corrected chi connectivity index (χ0v) is 19.4. The average molecular weight is 446 g/mol. The van der Waals surface area contributed by atoms with Gasteiger partial charge in [0.1, 0.15) is 5.00 Å². The Labute approximate surface area is 194 Å². The highest BCUT2D eigenvalue weighted by Gasteiger charge is 2.27. The Balaban J connectivity index is 1.49. The SMILES string of the molecule is C=CCn1cc(/C=N/c2sc3c(c2C(=O)NC2CCCCC2)CCCC3)c2ccccc21. The fraction of sp³-hybridized carbons (Fsp3) is 0.407. The monoisotopic (exact) mass is 445 g/mol. The van der Waals surface area contributed by atoms with Crippen molar-refractivity contribution in [1.82, 2.24) is 9.88 Å². The molecule has 2 aromatic heterocycles. The standard InChI is InChI=1S/C27H31N3OS/c1-2-16-30-18-19(21-12-6-8-14-23(21)30)17-28-27-25(22-13-7-9-15-24(22)32-27)26(31)29-20-10-4-3-5-11-20/h2,6,8,12,14,17-18,20H,1,3-5,7,9-11,13,15-16H2,(H,29,31)/b28-17+. The van der Waals surface area contributed by atoms with Crippen LogP contribution in [0, 0.1) is 0 Å². The lowest BCUT2D eigenvalue weighted by atomic mass is 9.93. The summed E-state index contributed by atoms with van der Waals surface area (Å²) in [4.78, 5) is 19.7. The van der Waals surface area contributed by atoms with Crippen LogP contribution in [0.15, 0.2) is 48.1 Å². The number of nitrogens with one attached hydrogen (secondary N) is 1. The number of benzene rings is 1. The second-order valence-electron chi connectivity index (χ2n) is 9.00. The first kappa shape index (κ1) is 21.2. The molecule has 0 atom stereocenters. The smallest absolute Gasteiger partial charge is 0.254 e. The summed E-state index contributed by atoms with van der Waals surface area (Å²) in [7, 11) is 0. The van der Waals surface area contributed by atoms with Gasteiger partial charge in [-0.25, -0.2) is 4.99 Å². The van der Waals surface area contributed by atoms with E-state index in [0.717, 1.165) is 54.8 Å². The van der Waals surface area contributed by atoms with E-state index in [1.54, 1.807) is 11.3 Å². The molecule has 3 aromatic rings. The molecule has 5 heteroatoms. The Kier molecular flexibility index (Phi) is 6.26. The van der Waals surface area contributed by atoms with Gasteiger partial charge in [-0.3, -0.25) is 4.79 Å². The van der Waals surface area contributed by atoms with E-state index in [4.69, 9.17) is 4.99 Å². The van der Waals surface area contributed by atoms with Gasteiger partial charge in [-0.1, -0.05) is 43.5 Å². The molecular formula is C27H31N3OS. The number of fused-ring (bicyclic) bond motifs is 2. The molecule has 5 rings (SSSR count). The Morgan fingerprint density at radius 3 is 2.81 bits per heavy atom. The quantitative estimate of drug-likeness (QED) is 0.338. The topological polar surface area (TPSA) is 46.4 Å². The molecular weight excluding hydrogens is 414 g/mol. The largest absolute Gasteiger partial charge is 0.349 e. The van der Waals surface area contributed by atoms with Gasteiger partial charge in [0.15, 0.2) is 0 Å². The molecule has 1 amide bonds. The summed E-state index contributed by atoms with van der Waals surface area (Å²) >= 11 is 1.71. The highest BCUT2D eigenvalue weighted by atomic mass is 32.1. The normalized spacial score (nSPS) is 17.0. The van der Waals surface area contributed by atoms with Crippen molar-refractivity contribution >= 4 is 39.4 Å². The molecule has 0 bridgehead atoms. The summed E-state index contributed by atoms with van der Waals surface area (Å²) in [5.41, 5.74) is 4.33.